The Balaban J connectivity index is 2.67. The number of sulfonamides is 1. The summed E-state index contributed by atoms with van der Waals surface area (Å²) in [6.45, 7) is 2.97. The van der Waals surface area contributed by atoms with Crippen LogP contribution in [0.5, 0.6) is 0 Å². The highest BCUT2D eigenvalue weighted by Crippen LogP contribution is 2.22. The average Bonchev–Trinajstić information content (AvgIpc) is 2.45. The molecule has 1 aromatic heterocycles. The van der Waals surface area contributed by atoms with Gasteiger partial charge >= 0.3 is 0 Å². The number of unbranched alkanes of at least 4 members (excludes halogenated alkanes) is 2. The van der Waals surface area contributed by atoms with Crippen molar-refractivity contribution in [2.24, 2.45) is 0 Å². The van der Waals surface area contributed by atoms with E-state index >= 15 is 0 Å². The van der Waals surface area contributed by atoms with Gasteiger partial charge < -0.3 is 5.32 Å². The van der Waals surface area contributed by atoms with Crippen molar-refractivity contribution in [1.82, 2.24) is 9.71 Å². The maximum atomic E-state index is 12.4. The van der Waals surface area contributed by atoms with Gasteiger partial charge in [0.1, 0.15) is 10.7 Å². The monoisotopic (exact) mass is 395 g/mol. The Bertz CT molecular complexity index is 538. The van der Waals surface area contributed by atoms with Gasteiger partial charge in [-0.2, -0.15) is 11.8 Å². The number of rotatable bonds is 10. The summed E-state index contributed by atoms with van der Waals surface area (Å²) in [6, 6.07) is 1.57. The molecule has 21 heavy (non-hydrogen) atoms. The molecule has 2 N–H and O–H groups in total. The molecule has 0 unspecified atom stereocenters. The molecule has 0 amide bonds. The number of anilines is 1. The third kappa shape index (κ3) is 6.54. The van der Waals surface area contributed by atoms with Crippen LogP contribution in [0.25, 0.3) is 0 Å². The summed E-state index contributed by atoms with van der Waals surface area (Å²) in [4.78, 5) is 4.31. The van der Waals surface area contributed by atoms with E-state index in [1.165, 1.54) is 0 Å². The molecule has 0 aliphatic carbocycles. The number of aromatic nitrogens is 1. The first kappa shape index (κ1) is 18.7. The van der Waals surface area contributed by atoms with E-state index in [1.807, 2.05) is 18.7 Å². The van der Waals surface area contributed by atoms with Gasteiger partial charge in [0.2, 0.25) is 10.0 Å². The van der Waals surface area contributed by atoms with Crippen LogP contribution in [0, 0.1) is 0 Å². The van der Waals surface area contributed by atoms with Crippen molar-refractivity contribution >= 4 is 43.5 Å². The van der Waals surface area contributed by atoms with Gasteiger partial charge in [-0.15, -0.1) is 0 Å². The van der Waals surface area contributed by atoms with Crippen LogP contribution in [0.15, 0.2) is 21.6 Å². The van der Waals surface area contributed by atoms with Gasteiger partial charge in [0.25, 0.3) is 0 Å². The molecule has 1 aromatic rings. The van der Waals surface area contributed by atoms with Gasteiger partial charge in [-0.05, 0) is 53.8 Å². The minimum atomic E-state index is -3.54. The largest absolute Gasteiger partial charge is 0.369 e. The molecule has 0 spiro atoms. The molecule has 0 bridgehead atoms. The predicted molar refractivity (Wildman–Crippen MR) is 93.5 cm³/mol. The van der Waals surface area contributed by atoms with Gasteiger partial charge in [-0.3, -0.25) is 0 Å². The number of nitrogens with zero attached hydrogens (tertiary/aromatic N) is 1. The van der Waals surface area contributed by atoms with Crippen molar-refractivity contribution in [3.05, 3.63) is 16.7 Å². The minimum absolute atomic E-state index is 0.183. The maximum absolute atomic E-state index is 12.4. The van der Waals surface area contributed by atoms with Crippen molar-refractivity contribution in [3.8, 4) is 0 Å². The number of pyridine rings is 1. The first-order valence-electron chi connectivity index (χ1n) is 6.89. The quantitative estimate of drug-likeness (QED) is 0.595. The molecule has 0 fully saturated rings. The summed E-state index contributed by atoms with van der Waals surface area (Å²) in [7, 11) is -3.54. The molecular weight excluding hydrogens is 374 g/mol. The highest BCUT2D eigenvalue weighted by atomic mass is 79.9. The zero-order chi connectivity index (χ0) is 15.7. The molecule has 0 radical (unpaired) electrons. The smallest absolute Gasteiger partial charge is 0.244 e. The number of nitrogens with one attached hydrogen (secondary N) is 2. The van der Waals surface area contributed by atoms with E-state index in [-0.39, 0.29) is 4.90 Å². The van der Waals surface area contributed by atoms with Crippen molar-refractivity contribution in [2.45, 2.75) is 31.1 Å². The molecule has 0 saturated carbocycles. The van der Waals surface area contributed by atoms with E-state index in [2.05, 4.69) is 37.2 Å². The summed E-state index contributed by atoms with van der Waals surface area (Å²) in [5.41, 5.74) is 0. The van der Waals surface area contributed by atoms with Gasteiger partial charge in [0.05, 0.1) is 0 Å². The van der Waals surface area contributed by atoms with Gasteiger partial charge in [0, 0.05) is 23.8 Å². The molecule has 1 rings (SSSR count). The minimum Gasteiger partial charge on any atom is -0.369 e. The summed E-state index contributed by atoms with van der Waals surface area (Å²) >= 11 is 5.08. The summed E-state index contributed by atoms with van der Waals surface area (Å²) in [6.07, 6.45) is 6.65. The third-order valence-corrected chi connectivity index (χ3v) is 5.38. The fourth-order valence-electron chi connectivity index (χ4n) is 1.76. The van der Waals surface area contributed by atoms with Crippen LogP contribution in [0.1, 0.15) is 26.2 Å². The molecular formula is C13H22BrN3O2S2. The van der Waals surface area contributed by atoms with E-state index in [4.69, 9.17) is 0 Å². The normalized spacial score (nSPS) is 11.6. The van der Waals surface area contributed by atoms with Crippen molar-refractivity contribution in [3.63, 3.8) is 0 Å². The molecule has 0 aromatic carbocycles. The molecule has 0 aliphatic heterocycles. The lowest BCUT2D eigenvalue weighted by Gasteiger charge is -2.11. The standard InChI is InChI=1S/C13H22BrN3O2S2/c1-3-15-13-12(9-11(14)10-16-13)21(18,19)17-7-5-4-6-8-20-2/h9-10,17H,3-8H2,1-2H3,(H,15,16). The Morgan fingerprint density at radius 1 is 1.33 bits per heavy atom. The number of hydrogen-bond donors (Lipinski definition) is 2. The zero-order valence-electron chi connectivity index (χ0n) is 12.4. The van der Waals surface area contributed by atoms with Gasteiger partial charge in [0.15, 0.2) is 0 Å². The fraction of sp³-hybridized carbons (Fsp3) is 0.615. The highest BCUT2D eigenvalue weighted by molar-refractivity contribution is 9.10. The Morgan fingerprint density at radius 3 is 2.76 bits per heavy atom. The Kier molecular flexibility index (Phi) is 8.62. The van der Waals surface area contributed by atoms with E-state index < -0.39 is 10.0 Å². The lowest BCUT2D eigenvalue weighted by atomic mass is 10.2. The molecule has 0 atom stereocenters. The van der Waals surface area contributed by atoms with E-state index in [1.54, 1.807) is 12.3 Å². The molecule has 0 aliphatic rings. The second-order valence-electron chi connectivity index (χ2n) is 4.48. The summed E-state index contributed by atoms with van der Waals surface area (Å²) < 4.78 is 28.0. The third-order valence-electron chi connectivity index (χ3n) is 2.77. The second kappa shape index (κ2) is 9.66. The molecule has 1 heterocycles. The van der Waals surface area contributed by atoms with E-state index in [9.17, 15) is 8.42 Å². The zero-order valence-corrected chi connectivity index (χ0v) is 15.6. The van der Waals surface area contributed by atoms with Crippen LogP contribution < -0.4 is 10.0 Å². The Morgan fingerprint density at radius 2 is 2.10 bits per heavy atom. The number of hydrogen-bond acceptors (Lipinski definition) is 5. The molecule has 0 saturated heterocycles. The molecule has 8 heteroatoms. The van der Waals surface area contributed by atoms with Crippen molar-refractivity contribution in [2.75, 3.05) is 30.4 Å². The van der Waals surface area contributed by atoms with Crippen molar-refractivity contribution in [1.29, 1.82) is 0 Å². The lowest BCUT2D eigenvalue weighted by molar-refractivity contribution is 0.576. The summed E-state index contributed by atoms with van der Waals surface area (Å²) in [5.74, 6) is 1.50. The number of thioether (sulfide) groups is 1. The van der Waals surface area contributed by atoms with Crippen LogP contribution in [-0.2, 0) is 10.0 Å². The highest BCUT2D eigenvalue weighted by Gasteiger charge is 2.19. The Hall–Kier alpha value is -0.310. The molecule has 5 nitrogen and oxygen atoms in total. The first-order valence-corrected chi connectivity index (χ1v) is 10.6. The lowest BCUT2D eigenvalue weighted by Crippen LogP contribution is -2.26. The fourth-order valence-corrected chi connectivity index (χ4v) is 3.96. The van der Waals surface area contributed by atoms with Crippen molar-refractivity contribution < 1.29 is 8.42 Å². The Labute approximate surface area is 139 Å². The SMILES string of the molecule is CCNc1ncc(Br)cc1S(=O)(=O)NCCCCCSC. The predicted octanol–water partition coefficient (Wildman–Crippen LogP) is 3.09. The summed E-state index contributed by atoms with van der Waals surface area (Å²) in [5, 5.41) is 2.97. The van der Waals surface area contributed by atoms with Crippen LogP contribution in [-0.4, -0.2) is 38.5 Å². The molecule has 120 valence electrons. The van der Waals surface area contributed by atoms with Crippen LogP contribution in [0.3, 0.4) is 0 Å². The second-order valence-corrected chi connectivity index (χ2v) is 8.12. The van der Waals surface area contributed by atoms with Gasteiger partial charge in [-0.25, -0.2) is 18.1 Å². The maximum Gasteiger partial charge on any atom is 0.244 e. The van der Waals surface area contributed by atoms with E-state index in [0.29, 0.717) is 23.4 Å². The topological polar surface area (TPSA) is 71.1 Å². The van der Waals surface area contributed by atoms with E-state index in [0.717, 1.165) is 25.0 Å². The van der Waals surface area contributed by atoms with Crippen LogP contribution in [0.2, 0.25) is 0 Å². The first-order chi connectivity index (χ1) is 10.0. The van der Waals surface area contributed by atoms with Crippen LogP contribution >= 0.6 is 27.7 Å². The van der Waals surface area contributed by atoms with Gasteiger partial charge in [-0.1, -0.05) is 6.42 Å². The van der Waals surface area contributed by atoms with Crippen LogP contribution in [0.4, 0.5) is 5.82 Å². The number of halogens is 1. The average molecular weight is 396 g/mol.